The summed E-state index contributed by atoms with van der Waals surface area (Å²) in [6, 6.07) is 11.7. The van der Waals surface area contributed by atoms with Crippen molar-refractivity contribution < 1.29 is 9.47 Å². The summed E-state index contributed by atoms with van der Waals surface area (Å²) >= 11 is 6.07. The molecule has 1 aliphatic heterocycles. The molecule has 21 heavy (non-hydrogen) atoms. The third kappa shape index (κ3) is 2.99. The highest BCUT2D eigenvalue weighted by Gasteiger charge is 2.16. The molecule has 0 aromatic heterocycles. The van der Waals surface area contributed by atoms with Gasteiger partial charge in [-0.2, -0.15) is 0 Å². The van der Waals surface area contributed by atoms with Crippen LogP contribution in [0.5, 0.6) is 11.5 Å². The summed E-state index contributed by atoms with van der Waals surface area (Å²) in [5.41, 5.74) is 9.73. The van der Waals surface area contributed by atoms with Crippen LogP contribution in [0.25, 0.3) is 0 Å². The van der Waals surface area contributed by atoms with Gasteiger partial charge < -0.3 is 15.2 Å². The molecule has 0 bridgehead atoms. The summed E-state index contributed by atoms with van der Waals surface area (Å²) in [6.07, 6.45) is 1.64. The van der Waals surface area contributed by atoms with Gasteiger partial charge in [0.1, 0.15) is 11.5 Å². The van der Waals surface area contributed by atoms with E-state index in [4.69, 9.17) is 26.8 Å². The van der Waals surface area contributed by atoms with Gasteiger partial charge in [0.25, 0.3) is 0 Å². The van der Waals surface area contributed by atoms with Crippen molar-refractivity contribution in [3.05, 3.63) is 58.1 Å². The first kappa shape index (κ1) is 14.2. The molecule has 2 aromatic carbocycles. The van der Waals surface area contributed by atoms with E-state index in [2.05, 4.69) is 6.07 Å². The molecule has 3 rings (SSSR count). The van der Waals surface area contributed by atoms with Crippen LogP contribution in [0.3, 0.4) is 0 Å². The number of fused-ring (bicyclic) bond motifs is 1. The third-order valence-electron chi connectivity index (χ3n) is 3.82. The average Bonchev–Trinajstić information content (AvgIpc) is 2.94. The number of rotatable bonds is 4. The molecule has 2 N–H and O–H groups in total. The molecule has 0 saturated carbocycles. The fourth-order valence-electron chi connectivity index (χ4n) is 2.70. The SMILES string of the molecule is COc1ccc(Cl)cc1CC(N)c1ccc2c(c1)CCO2. The highest BCUT2D eigenvalue weighted by Crippen LogP contribution is 2.30. The van der Waals surface area contributed by atoms with Crippen LogP contribution in [0, 0.1) is 0 Å². The van der Waals surface area contributed by atoms with Crippen molar-refractivity contribution in [1.82, 2.24) is 0 Å². The van der Waals surface area contributed by atoms with Crippen LogP contribution < -0.4 is 15.2 Å². The fraction of sp³-hybridized carbons (Fsp3) is 0.294. The maximum absolute atomic E-state index is 6.36. The molecule has 1 heterocycles. The van der Waals surface area contributed by atoms with Gasteiger partial charge >= 0.3 is 0 Å². The summed E-state index contributed by atoms with van der Waals surface area (Å²) in [5.74, 6) is 1.80. The Labute approximate surface area is 129 Å². The Morgan fingerprint density at radius 3 is 2.95 bits per heavy atom. The lowest BCUT2D eigenvalue weighted by molar-refractivity contribution is 0.357. The Morgan fingerprint density at radius 1 is 1.29 bits per heavy atom. The van der Waals surface area contributed by atoms with E-state index in [9.17, 15) is 0 Å². The largest absolute Gasteiger partial charge is 0.496 e. The van der Waals surface area contributed by atoms with E-state index in [1.807, 2.05) is 30.3 Å². The molecule has 2 aromatic rings. The van der Waals surface area contributed by atoms with E-state index in [0.717, 1.165) is 35.7 Å². The predicted octanol–water partition coefficient (Wildman–Crippen LogP) is 3.53. The Balaban J connectivity index is 1.83. The molecule has 0 fully saturated rings. The van der Waals surface area contributed by atoms with Gasteiger partial charge in [0, 0.05) is 17.5 Å². The van der Waals surface area contributed by atoms with Crippen LogP contribution >= 0.6 is 11.6 Å². The van der Waals surface area contributed by atoms with Crippen molar-refractivity contribution in [2.75, 3.05) is 13.7 Å². The van der Waals surface area contributed by atoms with E-state index in [-0.39, 0.29) is 6.04 Å². The van der Waals surface area contributed by atoms with Gasteiger partial charge in [-0.3, -0.25) is 0 Å². The Morgan fingerprint density at radius 2 is 2.14 bits per heavy atom. The summed E-state index contributed by atoms with van der Waals surface area (Å²) in [5, 5.41) is 0.695. The van der Waals surface area contributed by atoms with E-state index in [1.165, 1.54) is 5.56 Å². The summed E-state index contributed by atoms with van der Waals surface area (Å²) < 4.78 is 10.9. The first-order valence-electron chi connectivity index (χ1n) is 7.01. The molecular formula is C17H18ClNO2. The normalized spacial score (nSPS) is 14.4. The molecule has 0 radical (unpaired) electrons. The van der Waals surface area contributed by atoms with Crippen LogP contribution in [0.15, 0.2) is 36.4 Å². The number of hydrogen-bond donors (Lipinski definition) is 1. The smallest absolute Gasteiger partial charge is 0.122 e. The standard InChI is InChI=1S/C17H18ClNO2/c1-20-16-5-3-14(18)9-13(16)10-15(19)11-2-4-17-12(8-11)6-7-21-17/h2-5,8-9,15H,6-7,10,19H2,1H3. The van der Waals surface area contributed by atoms with Gasteiger partial charge in [0.2, 0.25) is 0 Å². The Hall–Kier alpha value is -1.71. The molecule has 110 valence electrons. The summed E-state index contributed by atoms with van der Waals surface area (Å²) in [6.45, 7) is 0.760. The van der Waals surface area contributed by atoms with Crippen LogP contribution in [0.4, 0.5) is 0 Å². The number of halogens is 1. The molecule has 1 unspecified atom stereocenters. The first-order chi connectivity index (χ1) is 10.2. The minimum Gasteiger partial charge on any atom is -0.496 e. The molecule has 3 nitrogen and oxygen atoms in total. The minimum absolute atomic E-state index is 0.0942. The number of benzene rings is 2. The predicted molar refractivity (Wildman–Crippen MR) is 84.3 cm³/mol. The van der Waals surface area contributed by atoms with Crippen molar-refractivity contribution in [3.8, 4) is 11.5 Å². The first-order valence-corrected chi connectivity index (χ1v) is 7.39. The number of methoxy groups -OCH3 is 1. The quantitative estimate of drug-likeness (QED) is 0.940. The molecule has 0 aliphatic carbocycles. The number of ether oxygens (including phenoxy) is 2. The Kier molecular flexibility index (Phi) is 4.04. The average molecular weight is 304 g/mol. The monoisotopic (exact) mass is 303 g/mol. The van der Waals surface area contributed by atoms with Gasteiger partial charge in [-0.05, 0) is 47.4 Å². The second-order valence-corrected chi connectivity index (χ2v) is 5.67. The molecule has 0 saturated heterocycles. The van der Waals surface area contributed by atoms with Gasteiger partial charge in [-0.1, -0.05) is 23.7 Å². The Bertz CT molecular complexity index is 657. The van der Waals surface area contributed by atoms with Gasteiger partial charge in [-0.15, -0.1) is 0 Å². The van der Waals surface area contributed by atoms with Gasteiger partial charge in [-0.25, -0.2) is 0 Å². The zero-order valence-electron chi connectivity index (χ0n) is 11.9. The van der Waals surface area contributed by atoms with E-state index < -0.39 is 0 Å². The van der Waals surface area contributed by atoms with Crippen molar-refractivity contribution in [2.24, 2.45) is 5.73 Å². The minimum atomic E-state index is -0.0942. The molecule has 1 atom stereocenters. The second-order valence-electron chi connectivity index (χ2n) is 5.23. The van der Waals surface area contributed by atoms with Crippen LogP contribution in [-0.4, -0.2) is 13.7 Å². The molecular weight excluding hydrogens is 286 g/mol. The fourth-order valence-corrected chi connectivity index (χ4v) is 2.89. The van der Waals surface area contributed by atoms with Crippen molar-refractivity contribution >= 4 is 11.6 Å². The molecule has 4 heteroatoms. The van der Waals surface area contributed by atoms with Crippen molar-refractivity contribution in [2.45, 2.75) is 18.9 Å². The number of nitrogens with two attached hydrogens (primary N) is 1. The molecule has 0 spiro atoms. The lowest BCUT2D eigenvalue weighted by atomic mass is 9.97. The zero-order chi connectivity index (χ0) is 14.8. The van der Waals surface area contributed by atoms with E-state index >= 15 is 0 Å². The second kappa shape index (κ2) is 5.96. The van der Waals surface area contributed by atoms with Gasteiger partial charge in [0.15, 0.2) is 0 Å². The lowest BCUT2D eigenvalue weighted by Gasteiger charge is -2.16. The third-order valence-corrected chi connectivity index (χ3v) is 4.06. The highest BCUT2D eigenvalue weighted by atomic mass is 35.5. The summed E-state index contributed by atoms with van der Waals surface area (Å²) in [7, 11) is 1.66. The highest BCUT2D eigenvalue weighted by molar-refractivity contribution is 6.30. The summed E-state index contributed by atoms with van der Waals surface area (Å²) in [4.78, 5) is 0. The number of hydrogen-bond acceptors (Lipinski definition) is 3. The van der Waals surface area contributed by atoms with Crippen molar-refractivity contribution in [1.29, 1.82) is 0 Å². The van der Waals surface area contributed by atoms with Crippen molar-refractivity contribution in [3.63, 3.8) is 0 Å². The topological polar surface area (TPSA) is 44.5 Å². The van der Waals surface area contributed by atoms with E-state index in [0.29, 0.717) is 11.4 Å². The van der Waals surface area contributed by atoms with Crippen LogP contribution in [-0.2, 0) is 12.8 Å². The maximum Gasteiger partial charge on any atom is 0.122 e. The lowest BCUT2D eigenvalue weighted by Crippen LogP contribution is -2.14. The van der Waals surface area contributed by atoms with Gasteiger partial charge in [0.05, 0.1) is 13.7 Å². The molecule has 0 amide bonds. The maximum atomic E-state index is 6.36. The van der Waals surface area contributed by atoms with Crippen LogP contribution in [0.1, 0.15) is 22.7 Å². The van der Waals surface area contributed by atoms with Crippen LogP contribution in [0.2, 0.25) is 5.02 Å². The van der Waals surface area contributed by atoms with E-state index in [1.54, 1.807) is 7.11 Å². The zero-order valence-corrected chi connectivity index (χ0v) is 12.7. The molecule has 1 aliphatic rings.